The zero-order chi connectivity index (χ0) is 18.5. The number of hydrogen-bond acceptors (Lipinski definition) is 6. The molecule has 0 saturated carbocycles. The van der Waals surface area contributed by atoms with E-state index >= 15 is 0 Å². The Balaban J connectivity index is 4.88. The molecule has 0 aromatic carbocycles. The molecule has 7 heteroatoms. The van der Waals surface area contributed by atoms with Gasteiger partial charge in [0.15, 0.2) is 0 Å². The second-order valence-corrected chi connectivity index (χ2v) is 8.87. The fourth-order valence-corrected chi connectivity index (χ4v) is 4.51. The van der Waals surface area contributed by atoms with E-state index in [2.05, 4.69) is 13.8 Å². The molecule has 0 aromatic rings. The highest BCUT2D eigenvalue weighted by atomic mass is 28.4. The quantitative estimate of drug-likeness (QED) is 0.232. The van der Waals surface area contributed by atoms with E-state index in [-0.39, 0.29) is 0 Å². The van der Waals surface area contributed by atoms with E-state index in [9.17, 15) is 0 Å². The van der Waals surface area contributed by atoms with E-state index in [0.29, 0.717) is 25.9 Å². The van der Waals surface area contributed by atoms with Crippen LogP contribution < -0.4 is 0 Å². The second kappa shape index (κ2) is 13.2. The van der Waals surface area contributed by atoms with Crippen molar-refractivity contribution >= 4 is 8.80 Å². The zero-order valence-electron chi connectivity index (χ0n) is 16.7. The molecule has 24 heavy (non-hydrogen) atoms. The zero-order valence-corrected chi connectivity index (χ0v) is 17.7. The molecule has 0 atom stereocenters. The number of ether oxygens (including phenoxy) is 3. The van der Waals surface area contributed by atoms with Crippen LogP contribution in [-0.4, -0.2) is 49.0 Å². The van der Waals surface area contributed by atoms with Gasteiger partial charge in [0.1, 0.15) is 0 Å². The maximum absolute atomic E-state index is 6.10. The monoisotopic (exact) mass is 366 g/mol. The first-order chi connectivity index (χ1) is 11.4. The van der Waals surface area contributed by atoms with Gasteiger partial charge < -0.3 is 23.1 Å². The van der Waals surface area contributed by atoms with Gasteiger partial charge in [0, 0.05) is 20.3 Å². The van der Waals surface area contributed by atoms with Crippen molar-refractivity contribution in [3.63, 3.8) is 0 Å². The average molecular weight is 367 g/mol. The predicted octanol–water partition coefficient (Wildman–Crippen LogP) is 4.17. The van der Waals surface area contributed by atoms with E-state index in [0.717, 1.165) is 18.8 Å². The molecular weight excluding hydrogens is 328 g/mol. The van der Waals surface area contributed by atoms with E-state index in [1.807, 2.05) is 20.8 Å². The Labute approximate surface area is 149 Å². The van der Waals surface area contributed by atoms with Gasteiger partial charge in [-0.15, -0.1) is 0 Å². The van der Waals surface area contributed by atoms with E-state index in [4.69, 9.17) is 27.5 Å². The highest BCUT2D eigenvalue weighted by Crippen LogP contribution is 2.28. The first-order valence-corrected chi connectivity index (χ1v) is 11.1. The molecule has 0 bridgehead atoms. The van der Waals surface area contributed by atoms with E-state index in [1.54, 1.807) is 14.2 Å². The van der Waals surface area contributed by atoms with Gasteiger partial charge in [0.2, 0.25) is 0 Å². The van der Waals surface area contributed by atoms with Gasteiger partial charge in [-0.3, -0.25) is 4.43 Å². The maximum Gasteiger partial charge on any atom is 0.506 e. The molecule has 0 unspecified atom stereocenters. The standard InChI is InChI=1S/C17H38O6Si/c1-8-20-17(21-9-2,22-10-3)23-24(18-6,19-7)15-13-11-12-14-16(4)5/h16H,8-15H2,1-7H3. The van der Waals surface area contributed by atoms with Crippen molar-refractivity contribution in [3.05, 3.63) is 0 Å². The van der Waals surface area contributed by atoms with Crippen molar-refractivity contribution in [2.45, 2.75) is 72.5 Å². The summed E-state index contributed by atoms with van der Waals surface area (Å²) >= 11 is 0. The van der Waals surface area contributed by atoms with E-state index in [1.165, 1.54) is 12.8 Å². The fourth-order valence-electron chi connectivity index (χ4n) is 2.43. The number of unbranched alkanes of at least 4 members (excludes halogenated alkanes) is 2. The minimum absolute atomic E-state index is 0.395. The van der Waals surface area contributed by atoms with Crippen LogP contribution in [0.4, 0.5) is 0 Å². The van der Waals surface area contributed by atoms with Gasteiger partial charge in [-0.1, -0.05) is 33.1 Å². The largest absolute Gasteiger partial charge is 0.506 e. The van der Waals surface area contributed by atoms with Crippen molar-refractivity contribution in [2.24, 2.45) is 5.92 Å². The Morgan fingerprint density at radius 1 is 0.792 bits per heavy atom. The van der Waals surface area contributed by atoms with Gasteiger partial charge in [0.05, 0.1) is 19.8 Å². The lowest BCUT2D eigenvalue weighted by Crippen LogP contribution is -2.55. The molecule has 146 valence electrons. The Morgan fingerprint density at radius 3 is 1.67 bits per heavy atom. The molecule has 0 rings (SSSR count). The normalized spacial score (nSPS) is 13.0. The van der Waals surface area contributed by atoms with Crippen LogP contribution in [0.5, 0.6) is 0 Å². The van der Waals surface area contributed by atoms with Gasteiger partial charge in [-0.2, -0.15) is 0 Å². The third-order valence-electron chi connectivity index (χ3n) is 3.63. The summed E-state index contributed by atoms with van der Waals surface area (Å²) in [7, 11) is 0.276. The summed E-state index contributed by atoms with van der Waals surface area (Å²) in [5, 5.41) is 0. The summed E-state index contributed by atoms with van der Waals surface area (Å²) in [6.07, 6.45) is 2.96. The summed E-state index contributed by atoms with van der Waals surface area (Å²) in [6, 6.07) is 0.701. The topological polar surface area (TPSA) is 55.4 Å². The lowest BCUT2D eigenvalue weighted by atomic mass is 10.1. The highest BCUT2D eigenvalue weighted by Gasteiger charge is 2.50. The molecular formula is C17H38O6Si. The summed E-state index contributed by atoms with van der Waals surface area (Å²) < 4.78 is 34.3. The van der Waals surface area contributed by atoms with Crippen LogP contribution in [0.1, 0.15) is 60.3 Å². The summed E-state index contributed by atoms with van der Waals surface area (Å²) in [6.45, 7) is 11.3. The lowest BCUT2D eigenvalue weighted by molar-refractivity contribution is -0.478. The van der Waals surface area contributed by atoms with Crippen LogP contribution in [-0.2, 0) is 27.5 Å². The van der Waals surface area contributed by atoms with Gasteiger partial charge in [-0.05, 0) is 33.1 Å². The Morgan fingerprint density at radius 2 is 1.29 bits per heavy atom. The van der Waals surface area contributed by atoms with Crippen molar-refractivity contribution < 1.29 is 27.5 Å². The van der Waals surface area contributed by atoms with Crippen molar-refractivity contribution in [1.82, 2.24) is 0 Å². The Kier molecular flexibility index (Phi) is 13.2. The number of rotatable bonds is 16. The third-order valence-corrected chi connectivity index (χ3v) is 6.40. The van der Waals surface area contributed by atoms with Crippen molar-refractivity contribution in [3.8, 4) is 0 Å². The smallest absolute Gasteiger partial charge is 0.377 e. The molecule has 0 aromatic heterocycles. The maximum atomic E-state index is 6.10. The van der Waals surface area contributed by atoms with Crippen molar-refractivity contribution in [1.29, 1.82) is 0 Å². The van der Waals surface area contributed by atoms with Gasteiger partial charge >= 0.3 is 15.0 Å². The molecule has 0 radical (unpaired) electrons. The molecule has 0 amide bonds. The van der Waals surface area contributed by atoms with Crippen LogP contribution in [0.3, 0.4) is 0 Å². The van der Waals surface area contributed by atoms with Crippen LogP contribution >= 0.6 is 0 Å². The third kappa shape index (κ3) is 8.89. The minimum atomic E-state index is -2.94. The van der Waals surface area contributed by atoms with Crippen LogP contribution in [0, 0.1) is 5.92 Å². The Bertz CT molecular complexity index is 280. The molecule has 0 fully saturated rings. The number of hydrogen-bond donors (Lipinski definition) is 0. The Hall–Kier alpha value is -0.0231. The van der Waals surface area contributed by atoms with Gasteiger partial charge in [-0.25, -0.2) is 0 Å². The van der Waals surface area contributed by atoms with Crippen LogP contribution in [0.15, 0.2) is 0 Å². The van der Waals surface area contributed by atoms with Crippen molar-refractivity contribution in [2.75, 3.05) is 34.0 Å². The lowest BCUT2D eigenvalue weighted by Gasteiger charge is -2.37. The molecule has 0 aliphatic rings. The van der Waals surface area contributed by atoms with Crippen LogP contribution in [0.25, 0.3) is 0 Å². The SMILES string of the molecule is CCOC(OCC)(OCC)O[Si](CCCCCC(C)C)(OC)OC. The summed E-state index contributed by atoms with van der Waals surface area (Å²) in [4.78, 5) is 0. The predicted molar refractivity (Wildman–Crippen MR) is 96.6 cm³/mol. The highest BCUT2D eigenvalue weighted by molar-refractivity contribution is 6.60. The summed E-state index contributed by atoms with van der Waals surface area (Å²) in [5.74, 6) is 0.731. The second-order valence-electron chi connectivity index (χ2n) is 5.99. The minimum Gasteiger partial charge on any atom is -0.377 e. The molecule has 0 aliphatic heterocycles. The molecule has 0 spiro atoms. The first-order valence-electron chi connectivity index (χ1n) is 9.15. The molecule has 0 N–H and O–H groups in total. The molecule has 0 heterocycles. The van der Waals surface area contributed by atoms with Gasteiger partial charge in [0.25, 0.3) is 0 Å². The summed E-state index contributed by atoms with van der Waals surface area (Å²) in [5.41, 5.74) is 0. The first kappa shape index (κ1) is 24.0. The van der Waals surface area contributed by atoms with Crippen LogP contribution in [0.2, 0.25) is 6.04 Å². The molecule has 6 nitrogen and oxygen atoms in total. The molecule has 0 aliphatic carbocycles. The van der Waals surface area contributed by atoms with E-state index < -0.39 is 15.0 Å². The fraction of sp³-hybridized carbons (Fsp3) is 1.00. The average Bonchev–Trinajstić information content (AvgIpc) is 2.54. The molecule has 0 saturated heterocycles.